The van der Waals surface area contributed by atoms with Gasteiger partial charge in [0.1, 0.15) is 23.6 Å². The van der Waals surface area contributed by atoms with E-state index in [1.807, 2.05) is 35.3 Å². The molecule has 36 heavy (non-hydrogen) atoms. The van der Waals surface area contributed by atoms with Gasteiger partial charge < -0.3 is 24.4 Å². The first-order valence-corrected chi connectivity index (χ1v) is 12.7. The highest BCUT2D eigenvalue weighted by molar-refractivity contribution is 5.91. The normalized spacial score (nSPS) is 12.4. The number of hydrogen-bond donors (Lipinski definition) is 1. The molecular weight excluding hydrogens is 452 g/mol. The van der Waals surface area contributed by atoms with Crippen LogP contribution in [-0.2, 0) is 6.54 Å². The van der Waals surface area contributed by atoms with Gasteiger partial charge >= 0.3 is 0 Å². The molecule has 0 bridgehead atoms. The van der Waals surface area contributed by atoms with Crippen molar-refractivity contribution in [1.29, 1.82) is 0 Å². The zero-order valence-corrected chi connectivity index (χ0v) is 22.7. The fourth-order valence-electron chi connectivity index (χ4n) is 4.23. The number of anilines is 1. The van der Waals surface area contributed by atoms with Gasteiger partial charge in [0.15, 0.2) is 16.8 Å². The fourth-order valence-corrected chi connectivity index (χ4v) is 4.23. The molecule has 0 aliphatic heterocycles. The van der Waals surface area contributed by atoms with Crippen LogP contribution in [0.15, 0.2) is 36.9 Å². The molecule has 0 aliphatic carbocycles. The molecule has 0 saturated heterocycles. The second-order valence-electron chi connectivity index (χ2n) is 10.9. The highest BCUT2D eigenvalue weighted by Crippen LogP contribution is 2.37. The summed E-state index contributed by atoms with van der Waals surface area (Å²) in [4.78, 5) is 19.0. The first kappa shape index (κ1) is 25.9. The number of benzene rings is 1. The Morgan fingerprint density at radius 1 is 0.917 bits per heavy atom. The third kappa shape index (κ3) is 5.96. The van der Waals surface area contributed by atoms with Gasteiger partial charge in [-0.2, -0.15) is 0 Å². The minimum Gasteiger partial charge on any atom is -0.493 e. The molecule has 0 spiro atoms. The van der Waals surface area contributed by atoms with E-state index < -0.39 is 0 Å². The lowest BCUT2D eigenvalue weighted by molar-refractivity contribution is 0.282. The van der Waals surface area contributed by atoms with Crippen LogP contribution in [0.5, 0.6) is 5.75 Å². The van der Waals surface area contributed by atoms with Crippen molar-refractivity contribution in [3.05, 3.63) is 36.9 Å². The maximum absolute atomic E-state index is 6.24. The summed E-state index contributed by atoms with van der Waals surface area (Å²) in [6.07, 6.45) is 5.71. The van der Waals surface area contributed by atoms with Crippen molar-refractivity contribution in [2.45, 2.75) is 45.7 Å². The molecule has 1 N–H and O–H groups in total. The van der Waals surface area contributed by atoms with Crippen molar-refractivity contribution < 1.29 is 4.74 Å². The largest absolute Gasteiger partial charge is 0.493 e. The minimum absolute atomic E-state index is 0.174. The predicted molar refractivity (Wildman–Crippen MR) is 147 cm³/mol. The van der Waals surface area contributed by atoms with E-state index in [1.165, 1.54) is 0 Å². The van der Waals surface area contributed by atoms with Crippen molar-refractivity contribution >= 4 is 22.6 Å². The molecule has 0 atom stereocenters. The Morgan fingerprint density at radius 3 is 2.36 bits per heavy atom. The first-order valence-electron chi connectivity index (χ1n) is 12.7. The highest BCUT2D eigenvalue weighted by Gasteiger charge is 2.24. The Bertz CT molecular complexity index is 1300. The number of hydrogen-bond acceptors (Lipinski definition) is 7. The van der Waals surface area contributed by atoms with E-state index in [0.29, 0.717) is 6.61 Å². The molecule has 3 heterocycles. The average molecular weight is 493 g/mol. The summed E-state index contributed by atoms with van der Waals surface area (Å²) in [6.45, 7) is 9.94. The van der Waals surface area contributed by atoms with Gasteiger partial charge in [-0.05, 0) is 80.5 Å². The lowest BCUT2D eigenvalue weighted by atomic mass is 10.1. The monoisotopic (exact) mass is 492 g/mol. The maximum Gasteiger partial charge on any atom is 0.170 e. The summed E-state index contributed by atoms with van der Waals surface area (Å²) < 4.78 is 10.4. The van der Waals surface area contributed by atoms with Crippen LogP contribution in [0.25, 0.3) is 28.1 Å². The molecule has 1 aromatic carbocycles. The number of imidazole rings is 2. The Labute approximate surface area is 214 Å². The number of aryl methyl sites for hydroxylation is 1. The number of ether oxygens (including phenoxy) is 1. The van der Waals surface area contributed by atoms with Crippen molar-refractivity contribution in [1.82, 2.24) is 33.7 Å². The van der Waals surface area contributed by atoms with Crippen LogP contribution in [0.2, 0.25) is 0 Å². The highest BCUT2D eigenvalue weighted by atomic mass is 16.5. The smallest absolute Gasteiger partial charge is 0.170 e. The van der Waals surface area contributed by atoms with Crippen LogP contribution in [0.1, 0.15) is 33.6 Å². The number of rotatable bonds is 11. The van der Waals surface area contributed by atoms with E-state index in [9.17, 15) is 0 Å². The first-order chi connectivity index (χ1) is 17.1. The van der Waals surface area contributed by atoms with E-state index in [0.717, 1.165) is 72.1 Å². The molecule has 9 nitrogen and oxygen atoms in total. The van der Waals surface area contributed by atoms with Crippen LogP contribution in [0.4, 0.5) is 5.82 Å². The van der Waals surface area contributed by atoms with Crippen LogP contribution in [-0.4, -0.2) is 87.1 Å². The van der Waals surface area contributed by atoms with E-state index in [4.69, 9.17) is 19.7 Å². The molecular formula is C27H40N8O. The third-order valence-electron chi connectivity index (χ3n) is 5.88. The summed E-state index contributed by atoms with van der Waals surface area (Å²) in [7, 11) is 8.33. The molecule has 194 valence electrons. The number of aromatic nitrogens is 5. The van der Waals surface area contributed by atoms with Crippen molar-refractivity contribution in [2.24, 2.45) is 0 Å². The molecule has 0 unspecified atom stereocenters. The van der Waals surface area contributed by atoms with Gasteiger partial charge in [-0.15, -0.1) is 0 Å². The number of nitrogens with zero attached hydrogens (tertiary/aromatic N) is 7. The van der Waals surface area contributed by atoms with Gasteiger partial charge in [0, 0.05) is 24.2 Å². The lowest BCUT2D eigenvalue weighted by Gasteiger charge is -2.23. The summed E-state index contributed by atoms with van der Waals surface area (Å²) in [6, 6.07) is 8.12. The topological polar surface area (TPSA) is 75.8 Å². The second kappa shape index (κ2) is 10.8. The van der Waals surface area contributed by atoms with Gasteiger partial charge in [0.25, 0.3) is 0 Å². The quantitative estimate of drug-likeness (QED) is 0.314. The standard InChI is InChI=1S/C27H40N8O/c1-27(2,3)31-26-22(20-12-8-9-13-21(20)36-17-11-15-33(6)7)30-25-23-24(29-19-35(25)26)34(18-28-23)16-10-14-32(4)5/h8-9,12-13,18-19,31H,10-11,14-17H2,1-7H3. The van der Waals surface area contributed by atoms with E-state index in [-0.39, 0.29) is 5.54 Å². The van der Waals surface area contributed by atoms with Gasteiger partial charge in [0.2, 0.25) is 0 Å². The molecule has 4 aromatic rings. The third-order valence-corrected chi connectivity index (χ3v) is 5.88. The number of nitrogens with one attached hydrogen (secondary N) is 1. The summed E-state index contributed by atoms with van der Waals surface area (Å²) >= 11 is 0. The zero-order chi connectivity index (χ0) is 25.9. The number of para-hydroxylation sites is 1. The molecule has 4 rings (SSSR count). The van der Waals surface area contributed by atoms with Crippen LogP contribution in [0, 0.1) is 0 Å². The van der Waals surface area contributed by atoms with Crippen molar-refractivity contribution in [2.75, 3.05) is 53.2 Å². The Balaban J connectivity index is 1.77. The molecule has 0 aliphatic rings. The molecule has 0 saturated carbocycles. The fraction of sp³-hybridized carbons (Fsp3) is 0.519. The molecule has 3 aromatic heterocycles. The van der Waals surface area contributed by atoms with E-state index in [2.05, 4.69) is 74.7 Å². The van der Waals surface area contributed by atoms with E-state index in [1.54, 1.807) is 0 Å². The molecule has 0 amide bonds. The number of fused-ring (bicyclic) bond motifs is 3. The van der Waals surface area contributed by atoms with Crippen LogP contribution >= 0.6 is 0 Å². The van der Waals surface area contributed by atoms with Gasteiger partial charge in [0.05, 0.1) is 12.9 Å². The minimum atomic E-state index is -0.174. The maximum atomic E-state index is 6.24. The van der Waals surface area contributed by atoms with Gasteiger partial charge in [-0.3, -0.25) is 4.40 Å². The van der Waals surface area contributed by atoms with Gasteiger partial charge in [-0.25, -0.2) is 15.0 Å². The predicted octanol–water partition coefficient (Wildman–Crippen LogP) is 4.24. The Morgan fingerprint density at radius 2 is 1.64 bits per heavy atom. The van der Waals surface area contributed by atoms with Gasteiger partial charge in [-0.1, -0.05) is 12.1 Å². The van der Waals surface area contributed by atoms with E-state index >= 15 is 0 Å². The summed E-state index contributed by atoms with van der Waals surface area (Å²) in [5.74, 6) is 1.72. The average Bonchev–Trinajstić information content (AvgIpc) is 3.37. The Kier molecular flexibility index (Phi) is 7.80. The second-order valence-corrected chi connectivity index (χ2v) is 10.9. The summed E-state index contributed by atoms with van der Waals surface area (Å²) in [5.41, 5.74) is 4.06. The molecule has 0 fully saturated rings. The summed E-state index contributed by atoms with van der Waals surface area (Å²) in [5, 5.41) is 3.66. The molecule has 0 radical (unpaired) electrons. The molecule has 9 heteroatoms. The lowest BCUT2D eigenvalue weighted by Crippen LogP contribution is -2.27. The van der Waals surface area contributed by atoms with Crippen LogP contribution < -0.4 is 10.1 Å². The van der Waals surface area contributed by atoms with Crippen molar-refractivity contribution in [3.63, 3.8) is 0 Å². The SMILES string of the molecule is CN(C)CCCOc1ccccc1-c1nc2c3ncn(CCCN(C)C)c3ncn2c1NC(C)(C)C. The van der Waals surface area contributed by atoms with Crippen molar-refractivity contribution in [3.8, 4) is 17.0 Å². The Hall–Kier alpha value is -3.17. The zero-order valence-electron chi connectivity index (χ0n) is 22.7. The van der Waals surface area contributed by atoms with Crippen LogP contribution in [0.3, 0.4) is 0 Å².